The number of carboxylic acids is 1. The number of alkyl halides is 3. The lowest BCUT2D eigenvalue weighted by Gasteiger charge is -2.13. The van der Waals surface area contributed by atoms with E-state index in [9.17, 15) is 17.6 Å². The molecular formula is C21H27F4N3O3. The highest BCUT2D eigenvalue weighted by Gasteiger charge is 2.38. The molecule has 2 aromatic rings. The predicted octanol–water partition coefficient (Wildman–Crippen LogP) is 4.45. The number of aryl methyl sites for hydroxylation is 1. The number of hydrogen-bond donors (Lipinski definition) is 2. The van der Waals surface area contributed by atoms with Crippen LogP contribution in [-0.4, -0.2) is 34.1 Å². The van der Waals surface area contributed by atoms with E-state index in [0.29, 0.717) is 12.5 Å². The number of nitrogens with one attached hydrogen (secondary N) is 1. The second-order valence-electron chi connectivity index (χ2n) is 7.50. The van der Waals surface area contributed by atoms with Gasteiger partial charge in [0.2, 0.25) is 5.88 Å². The molecule has 1 saturated carbocycles. The van der Waals surface area contributed by atoms with E-state index in [4.69, 9.17) is 14.6 Å². The first-order valence-electron chi connectivity index (χ1n) is 9.99. The molecule has 0 unspecified atom stereocenters. The number of benzene rings is 1. The first-order chi connectivity index (χ1) is 14.6. The summed E-state index contributed by atoms with van der Waals surface area (Å²) in [4.78, 5) is 8.90. The van der Waals surface area contributed by atoms with Gasteiger partial charge in [0.1, 0.15) is 12.4 Å². The van der Waals surface area contributed by atoms with Gasteiger partial charge in [-0.3, -0.25) is 0 Å². The summed E-state index contributed by atoms with van der Waals surface area (Å²) in [5, 5.41) is 14.9. The Hall–Kier alpha value is -2.62. The van der Waals surface area contributed by atoms with Gasteiger partial charge >= 0.3 is 12.1 Å². The van der Waals surface area contributed by atoms with E-state index in [1.54, 1.807) is 12.1 Å². The zero-order chi connectivity index (χ0) is 23.0. The van der Waals surface area contributed by atoms with Crippen molar-refractivity contribution in [3.63, 3.8) is 0 Å². The quantitative estimate of drug-likeness (QED) is 0.616. The van der Waals surface area contributed by atoms with Crippen LogP contribution in [0.25, 0.3) is 0 Å². The molecule has 0 aliphatic heterocycles. The number of carboxylic acid groups (broad SMARTS) is 1. The molecule has 1 heterocycles. The number of carbonyl (C=O) groups is 1. The Morgan fingerprint density at radius 1 is 1.29 bits per heavy atom. The van der Waals surface area contributed by atoms with Gasteiger partial charge in [0.05, 0.1) is 5.69 Å². The topological polar surface area (TPSA) is 76.4 Å². The van der Waals surface area contributed by atoms with Gasteiger partial charge in [-0.05, 0) is 56.0 Å². The predicted molar refractivity (Wildman–Crippen MR) is 106 cm³/mol. The minimum atomic E-state index is -5.08. The van der Waals surface area contributed by atoms with Crippen LogP contribution in [0, 0.1) is 18.7 Å². The molecule has 0 amide bonds. The van der Waals surface area contributed by atoms with Crippen molar-refractivity contribution in [2.24, 2.45) is 5.92 Å². The summed E-state index contributed by atoms with van der Waals surface area (Å²) >= 11 is 0. The first-order valence-corrected chi connectivity index (χ1v) is 9.99. The molecule has 0 bridgehead atoms. The normalized spacial score (nSPS) is 14.3. The molecule has 3 rings (SSSR count). The van der Waals surface area contributed by atoms with Crippen molar-refractivity contribution in [2.45, 2.75) is 58.5 Å². The van der Waals surface area contributed by atoms with Crippen LogP contribution in [0.15, 0.2) is 24.3 Å². The Bertz CT molecular complexity index is 862. The number of nitrogens with zero attached hydrogens (tertiary/aromatic N) is 2. The lowest BCUT2D eigenvalue weighted by molar-refractivity contribution is -0.192. The molecule has 2 N–H and O–H groups in total. The van der Waals surface area contributed by atoms with Gasteiger partial charge in [-0.25, -0.2) is 13.9 Å². The molecule has 1 aromatic heterocycles. The summed E-state index contributed by atoms with van der Waals surface area (Å²) in [5.74, 6) is -1.47. The van der Waals surface area contributed by atoms with E-state index >= 15 is 0 Å². The van der Waals surface area contributed by atoms with Crippen molar-refractivity contribution in [1.29, 1.82) is 0 Å². The molecule has 172 valence electrons. The molecule has 1 aliphatic rings. The third-order valence-corrected chi connectivity index (χ3v) is 4.98. The second kappa shape index (κ2) is 11.1. The van der Waals surface area contributed by atoms with E-state index in [0.717, 1.165) is 35.8 Å². The van der Waals surface area contributed by atoms with E-state index in [-0.39, 0.29) is 5.82 Å². The number of aromatic nitrogens is 2. The average molecular weight is 445 g/mol. The maximum atomic E-state index is 13.2. The standard InChI is InChI=1S/C19H26FN3O.C2HF3O2/c1-14-9-17(20)8-7-16(14)13-24-19-10-18(11-21-2)22-23(19)12-15-5-3-4-6-15;3-2(4,5)1(6)7/h7-10,15,21H,3-6,11-13H2,1-2H3;(H,6,7). The van der Waals surface area contributed by atoms with E-state index in [1.165, 1.54) is 31.7 Å². The summed E-state index contributed by atoms with van der Waals surface area (Å²) in [6.07, 6.45) is 0.107. The van der Waals surface area contributed by atoms with E-state index in [2.05, 4.69) is 10.4 Å². The lowest BCUT2D eigenvalue weighted by atomic mass is 10.1. The molecule has 1 aromatic carbocycles. The fourth-order valence-electron chi connectivity index (χ4n) is 3.38. The number of halogens is 4. The van der Waals surface area contributed by atoms with Gasteiger partial charge in [0, 0.05) is 19.2 Å². The second-order valence-corrected chi connectivity index (χ2v) is 7.50. The van der Waals surface area contributed by atoms with Gasteiger partial charge < -0.3 is 15.2 Å². The maximum absolute atomic E-state index is 13.2. The third-order valence-electron chi connectivity index (χ3n) is 4.98. The minimum Gasteiger partial charge on any atom is -0.475 e. The first kappa shape index (κ1) is 24.6. The molecule has 1 fully saturated rings. The Kier molecular flexibility index (Phi) is 8.85. The van der Waals surface area contributed by atoms with Gasteiger partial charge in [-0.1, -0.05) is 18.9 Å². The van der Waals surface area contributed by atoms with Crippen LogP contribution in [0.4, 0.5) is 17.6 Å². The Morgan fingerprint density at radius 2 is 1.94 bits per heavy atom. The van der Waals surface area contributed by atoms with Crippen molar-refractivity contribution < 1.29 is 32.2 Å². The maximum Gasteiger partial charge on any atom is 0.490 e. The summed E-state index contributed by atoms with van der Waals surface area (Å²) in [7, 11) is 1.92. The van der Waals surface area contributed by atoms with Crippen LogP contribution in [-0.2, 0) is 24.5 Å². The Balaban J connectivity index is 0.000000423. The van der Waals surface area contributed by atoms with Crippen LogP contribution in [0.2, 0.25) is 0 Å². The van der Waals surface area contributed by atoms with Crippen LogP contribution >= 0.6 is 0 Å². The molecule has 10 heteroatoms. The van der Waals surface area contributed by atoms with E-state index < -0.39 is 12.1 Å². The SMILES string of the molecule is CNCc1cc(OCc2ccc(F)cc2C)n(CC2CCCC2)n1.O=C(O)C(F)(F)F. The highest BCUT2D eigenvalue weighted by atomic mass is 19.4. The van der Waals surface area contributed by atoms with E-state index in [1.807, 2.05) is 24.7 Å². The number of aliphatic carboxylic acids is 1. The highest BCUT2D eigenvalue weighted by molar-refractivity contribution is 5.73. The summed E-state index contributed by atoms with van der Waals surface area (Å²) in [5.41, 5.74) is 2.90. The average Bonchev–Trinajstić information content (AvgIpc) is 3.31. The zero-order valence-electron chi connectivity index (χ0n) is 17.5. The fourth-order valence-corrected chi connectivity index (χ4v) is 3.38. The minimum absolute atomic E-state index is 0.209. The van der Waals surface area contributed by atoms with Gasteiger partial charge in [-0.15, -0.1) is 0 Å². The fraction of sp³-hybridized carbons (Fsp3) is 0.524. The van der Waals surface area contributed by atoms with Crippen molar-refractivity contribution in [3.8, 4) is 5.88 Å². The van der Waals surface area contributed by atoms with Crippen molar-refractivity contribution in [1.82, 2.24) is 15.1 Å². The van der Waals surface area contributed by atoms with Crippen LogP contribution in [0.1, 0.15) is 42.5 Å². The molecule has 6 nitrogen and oxygen atoms in total. The third kappa shape index (κ3) is 7.86. The molecule has 0 radical (unpaired) electrons. The Labute approximate surface area is 178 Å². The molecular weight excluding hydrogens is 418 g/mol. The summed E-state index contributed by atoms with van der Waals surface area (Å²) in [6.45, 7) is 3.98. The van der Waals surface area contributed by atoms with Crippen LogP contribution < -0.4 is 10.1 Å². The summed E-state index contributed by atoms with van der Waals surface area (Å²) in [6, 6.07) is 6.82. The number of ether oxygens (including phenoxy) is 1. The van der Waals surface area contributed by atoms with Crippen LogP contribution in [0.3, 0.4) is 0 Å². The van der Waals surface area contributed by atoms with Gasteiger partial charge in [0.25, 0.3) is 0 Å². The van der Waals surface area contributed by atoms with Crippen molar-refractivity contribution in [2.75, 3.05) is 7.05 Å². The number of rotatable bonds is 7. The van der Waals surface area contributed by atoms with Crippen molar-refractivity contribution >= 4 is 5.97 Å². The Morgan fingerprint density at radius 3 is 2.48 bits per heavy atom. The summed E-state index contributed by atoms with van der Waals surface area (Å²) < 4.78 is 53.0. The zero-order valence-corrected chi connectivity index (χ0v) is 17.5. The number of hydrogen-bond acceptors (Lipinski definition) is 4. The molecule has 1 aliphatic carbocycles. The molecule has 0 atom stereocenters. The monoisotopic (exact) mass is 445 g/mol. The van der Waals surface area contributed by atoms with Crippen molar-refractivity contribution in [3.05, 3.63) is 46.9 Å². The van der Waals surface area contributed by atoms with Gasteiger partial charge in [-0.2, -0.15) is 18.3 Å². The molecule has 31 heavy (non-hydrogen) atoms. The largest absolute Gasteiger partial charge is 0.490 e. The molecule has 0 saturated heterocycles. The van der Waals surface area contributed by atoms with Crippen LogP contribution in [0.5, 0.6) is 5.88 Å². The molecule has 0 spiro atoms. The smallest absolute Gasteiger partial charge is 0.475 e. The lowest BCUT2D eigenvalue weighted by Crippen LogP contribution is -2.21. The van der Waals surface area contributed by atoms with Gasteiger partial charge in [0.15, 0.2) is 0 Å². The highest BCUT2D eigenvalue weighted by Crippen LogP contribution is 2.28.